The van der Waals surface area contributed by atoms with E-state index < -0.39 is 11.7 Å². The van der Waals surface area contributed by atoms with E-state index in [2.05, 4.69) is 27.3 Å². The van der Waals surface area contributed by atoms with E-state index in [9.17, 15) is 18.0 Å². The van der Waals surface area contributed by atoms with Gasteiger partial charge < -0.3 is 19.9 Å². The number of nitrogens with zero attached hydrogens (tertiary/aromatic N) is 2. The van der Waals surface area contributed by atoms with Crippen molar-refractivity contribution in [3.63, 3.8) is 0 Å². The minimum atomic E-state index is -4.43. The average Bonchev–Trinajstić information content (AvgIpc) is 3.27. The van der Waals surface area contributed by atoms with Crippen LogP contribution in [0, 0.1) is 0 Å². The van der Waals surface area contributed by atoms with Crippen molar-refractivity contribution in [2.24, 2.45) is 0 Å². The Morgan fingerprint density at radius 2 is 1.86 bits per heavy atom. The molecule has 0 atom stereocenters. The fourth-order valence-electron chi connectivity index (χ4n) is 4.99. The molecule has 2 N–H and O–H groups in total. The monoisotopic (exact) mass is 514 g/mol. The molecule has 2 aliphatic rings. The molecule has 7 nitrogen and oxygen atoms in total. The van der Waals surface area contributed by atoms with Crippen LogP contribution in [0.25, 0.3) is 16.7 Å². The lowest BCUT2D eigenvalue weighted by molar-refractivity contribution is -0.137. The van der Waals surface area contributed by atoms with Gasteiger partial charge in [0.2, 0.25) is 5.91 Å². The number of carbonyl (C=O) groups is 1. The number of fused-ring (bicyclic) bond motifs is 1. The normalized spacial score (nSPS) is 20.8. The molecule has 0 bridgehead atoms. The van der Waals surface area contributed by atoms with Crippen molar-refractivity contribution in [2.45, 2.75) is 50.0 Å². The summed E-state index contributed by atoms with van der Waals surface area (Å²) in [5, 5.41) is 10.8. The summed E-state index contributed by atoms with van der Waals surface area (Å²) < 4.78 is 50.2. The number of carbonyl (C=O) groups excluding carboxylic acids is 1. The molecule has 0 radical (unpaired) electrons. The number of rotatable bonds is 8. The lowest BCUT2D eigenvalue weighted by Gasteiger charge is -2.46. The lowest BCUT2D eigenvalue weighted by Crippen LogP contribution is -2.63. The van der Waals surface area contributed by atoms with Crippen molar-refractivity contribution < 1.29 is 27.2 Å². The highest BCUT2D eigenvalue weighted by Crippen LogP contribution is 2.32. The van der Waals surface area contributed by atoms with Gasteiger partial charge in [-0.2, -0.15) is 13.2 Å². The molecular weight excluding hydrogens is 485 g/mol. The quantitative estimate of drug-likeness (QED) is 0.458. The molecule has 1 aliphatic carbocycles. The highest BCUT2D eigenvalue weighted by Gasteiger charge is 2.36. The number of ether oxygens (including phenoxy) is 1. The molecule has 0 spiro atoms. The van der Waals surface area contributed by atoms with Crippen LogP contribution in [-0.2, 0) is 11.0 Å². The summed E-state index contributed by atoms with van der Waals surface area (Å²) in [6, 6.07) is 13.0. The Hall–Kier alpha value is -3.53. The molecule has 37 heavy (non-hydrogen) atoms. The summed E-state index contributed by atoms with van der Waals surface area (Å²) >= 11 is 0. The van der Waals surface area contributed by atoms with Crippen molar-refractivity contribution >= 4 is 22.6 Å². The number of alkyl halides is 3. The molecule has 1 saturated heterocycles. The van der Waals surface area contributed by atoms with Gasteiger partial charge in [-0.25, -0.2) is 0 Å². The van der Waals surface area contributed by atoms with Gasteiger partial charge in [-0.3, -0.25) is 9.69 Å². The first kappa shape index (κ1) is 25.1. The maximum atomic E-state index is 12.9. The van der Waals surface area contributed by atoms with Gasteiger partial charge in [0.1, 0.15) is 6.10 Å². The molecule has 2 fully saturated rings. The van der Waals surface area contributed by atoms with Gasteiger partial charge in [0.25, 0.3) is 5.88 Å². The van der Waals surface area contributed by atoms with Crippen LogP contribution in [0.1, 0.15) is 36.8 Å². The molecular formula is C27H29F3N4O3. The van der Waals surface area contributed by atoms with Crippen LogP contribution in [0.3, 0.4) is 0 Å². The predicted octanol–water partition coefficient (Wildman–Crippen LogP) is 4.60. The summed E-state index contributed by atoms with van der Waals surface area (Å²) in [4.78, 5) is 14.7. The van der Waals surface area contributed by atoms with E-state index in [4.69, 9.17) is 9.26 Å². The maximum absolute atomic E-state index is 12.9. The summed E-state index contributed by atoms with van der Waals surface area (Å²) in [5.74, 6) is 0.338. The first-order valence-corrected chi connectivity index (χ1v) is 12.4. The van der Waals surface area contributed by atoms with Crippen molar-refractivity contribution in [1.29, 1.82) is 0 Å². The highest BCUT2D eigenvalue weighted by molar-refractivity contribution is 5.82. The largest absolute Gasteiger partial charge is 0.472 e. The predicted molar refractivity (Wildman–Crippen MR) is 133 cm³/mol. The molecule has 1 aliphatic heterocycles. The average molecular weight is 515 g/mol. The molecule has 1 saturated carbocycles. The minimum Gasteiger partial charge on any atom is -0.472 e. The van der Waals surface area contributed by atoms with Crippen LogP contribution in [-0.4, -0.2) is 53.8 Å². The first-order valence-electron chi connectivity index (χ1n) is 12.4. The Balaban J connectivity index is 1.01. The molecule has 10 heteroatoms. The second kappa shape index (κ2) is 10.5. The van der Waals surface area contributed by atoms with Crippen LogP contribution in [0.2, 0.25) is 0 Å². The van der Waals surface area contributed by atoms with Crippen molar-refractivity contribution in [1.82, 2.24) is 20.7 Å². The van der Waals surface area contributed by atoms with E-state index in [0.29, 0.717) is 17.5 Å². The number of amides is 1. The van der Waals surface area contributed by atoms with Crippen LogP contribution >= 0.6 is 0 Å². The molecule has 0 unspecified atom stereocenters. The summed E-state index contributed by atoms with van der Waals surface area (Å²) in [6.07, 6.45) is -0.430. The van der Waals surface area contributed by atoms with E-state index >= 15 is 0 Å². The van der Waals surface area contributed by atoms with E-state index in [-0.39, 0.29) is 30.3 Å². The molecule has 2 aromatic carbocycles. The number of aromatic nitrogens is 1. The zero-order chi connectivity index (χ0) is 26.0. The fraction of sp³-hybridized carbons (Fsp3) is 0.407. The van der Waals surface area contributed by atoms with Gasteiger partial charge in [-0.1, -0.05) is 30.8 Å². The van der Waals surface area contributed by atoms with E-state index in [1.807, 2.05) is 24.3 Å². The molecule has 1 aromatic heterocycles. The number of hydrogen-bond acceptors (Lipinski definition) is 6. The van der Waals surface area contributed by atoms with Crippen molar-refractivity contribution in [2.75, 3.05) is 19.6 Å². The van der Waals surface area contributed by atoms with Crippen molar-refractivity contribution in [3.8, 4) is 5.88 Å². The third-order valence-corrected chi connectivity index (χ3v) is 7.06. The van der Waals surface area contributed by atoms with Gasteiger partial charge >= 0.3 is 6.18 Å². The highest BCUT2D eigenvalue weighted by atomic mass is 19.4. The van der Waals surface area contributed by atoms with E-state index in [1.165, 1.54) is 12.1 Å². The molecule has 2 heterocycles. The summed E-state index contributed by atoms with van der Waals surface area (Å²) in [6.45, 7) is 5.28. The van der Waals surface area contributed by atoms with Crippen LogP contribution in [0.5, 0.6) is 5.88 Å². The minimum absolute atomic E-state index is 0.0508. The number of nitrogens with one attached hydrogen (secondary N) is 2. The number of hydrogen-bond donors (Lipinski definition) is 2. The van der Waals surface area contributed by atoms with Gasteiger partial charge in [0, 0.05) is 24.8 Å². The number of likely N-dealkylation sites (tertiary alicyclic amines) is 1. The Labute approximate surface area is 212 Å². The molecule has 196 valence electrons. The van der Waals surface area contributed by atoms with Gasteiger partial charge in [-0.05, 0) is 60.7 Å². The summed E-state index contributed by atoms with van der Waals surface area (Å²) in [7, 11) is 0. The second-order valence-corrected chi connectivity index (χ2v) is 9.66. The first-order chi connectivity index (χ1) is 17.8. The fourth-order valence-corrected chi connectivity index (χ4v) is 4.99. The van der Waals surface area contributed by atoms with Crippen molar-refractivity contribution in [3.05, 3.63) is 66.2 Å². The van der Waals surface area contributed by atoms with Gasteiger partial charge in [0.15, 0.2) is 5.58 Å². The second-order valence-electron chi connectivity index (χ2n) is 9.66. The molecule has 3 aromatic rings. The SMILES string of the molecule is C=C(NCC(=O)NC1CN([C@H]2CC[C@@H](Oc3noc4ccccc34)CC2)C1)c1cccc(C(F)(F)F)c1. The van der Waals surface area contributed by atoms with Gasteiger partial charge in [-0.15, -0.1) is 0 Å². The number of benzene rings is 2. The third-order valence-electron chi connectivity index (χ3n) is 7.06. The smallest absolute Gasteiger partial charge is 0.416 e. The van der Waals surface area contributed by atoms with E-state index in [0.717, 1.165) is 61.9 Å². The summed E-state index contributed by atoms with van der Waals surface area (Å²) in [5.41, 5.74) is 0.539. The topological polar surface area (TPSA) is 79.6 Å². The number of para-hydroxylation sites is 1. The Morgan fingerprint density at radius 3 is 2.62 bits per heavy atom. The van der Waals surface area contributed by atoms with Crippen LogP contribution < -0.4 is 15.4 Å². The zero-order valence-electron chi connectivity index (χ0n) is 20.3. The third kappa shape index (κ3) is 5.90. The zero-order valence-corrected chi connectivity index (χ0v) is 20.3. The lowest BCUT2D eigenvalue weighted by atomic mass is 9.89. The Kier molecular flexibility index (Phi) is 7.10. The molecule has 5 rings (SSSR count). The van der Waals surface area contributed by atoms with E-state index in [1.54, 1.807) is 0 Å². The molecule has 1 amide bonds. The van der Waals surface area contributed by atoms with Crippen LogP contribution in [0.15, 0.2) is 59.6 Å². The maximum Gasteiger partial charge on any atom is 0.416 e. The number of halogens is 3. The standard InChI is InChI=1S/C27H29F3N4O3/c1-17(18-5-4-6-19(13-18)27(28,29)30)31-14-25(35)32-20-15-34(16-20)21-9-11-22(12-10-21)36-26-23-7-2-3-8-24(23)37-33-26/h2-8,13,20-22,31H,1,9-12,14-16H2,(H,32,35)/t21-,22+. The Morgan fingerprint density at radius 1 is 1.11 bits per heavy atom. The van der Waals surface area contributed by atoms with Gasteiger partial charge in [0.05, 0.1) is 23.5 Å². The Bertz CT molecular complexity index is 1260. The van der Waals surface area contributed by atoms with Crippen LogP contribution in [0.4, 0.5) is 13.2 Å².